The van der Waals surface area contributed by atoms with E-state index in [1.165, 1.54) is 19.3 Å². The van der Waals surface area contributed by atoms with E-state index in [-0.39, 0.29) is 17.4 Å². The Morgan fingerprint density at radius 3 is 2.29 bits per heavy atom. The molecule has 1 aromatic carbocycles. The molecule has 31 heavy (non-hydrogen) atoms. The molecule has 0 bridgehead atoms. The number of carbonyl (C=O) groups is 2. The number of likely N-dealkylation sites (tertiary alicyclic amines) is 2. The minimum atomic E-state index is 0.0716. The van der Waals surface area contributed by atoms with Gasteiger partial charge in [0.2, 0.25) is 0 Å². The van der Waals surface area contributed by atoms with Crippen LogP contribution in [-0.4, -0.2) is 89.9 Å². The average Bonchev–Trinajstić information content (AvgIpc) is 3.01. The maximum Gasteiger partial charge on any atom is 0.320 e. The van der Waals surface area contributed by atoms with Crippen molar-refractivity contribution in [1.82, 2.24) is 19.6 Å². The molecule has 3 heterocycles. The molecule has 4 aliphatic rings. The fourth-order valence-corrected chi connectivity index (χ4v) is 6.02. The summed E-state index contributed by atoms with van der Waals surface area (Å²) in [7, 11) is 0. The molecule has 3 amide bonds. The lowest BCUT2D eigenvalue weighted by Crippen LogP contribution is -2.49. The molecule has 0 aromatic heterocycles. The number of piperidine rings is 1. The molecule has 0 N–H and O–H groups in total. The maximum atomic E-state index is 13.3. The predicted molar refractivity (Wildman–Crippen MR) is 121 cm³/mol. The third-order valence-corrected chi connectivity index (χ3v) is 8.07. The van der Waals surface area contributed by atoms with E-state index in [2.05, 4.69) is 14.7 Å². The highest BCUT2D eigenvalue weighted by atomic mass is 16.2. The second-order valence-corrected chi connectivity index (χ2v) is 10.1. The molecule has 1 spiro atoms. The van der Waals surface area contributed by atoms with Crippen LogP contribution in [0.15, 0.2) is 30.3 Å². The first kappa shape index (κ1) is 20.8. The van der Waals surface area contributed by atoms with Crippen LogP contribution >= 0.6 is 0 Å². The van der Waals surface area contributed by atoms with Crippen molar-refractivity contribution < 1.29 is 9.59 Å². The molecule has 1 unspecified atom stereocenters. The summed E-state index contributed by atoms with van der Waals surface area (Å²) in [5.74, 6) is 0.132. The Labute approximate surface area is 186 Å². The van der Waals surface area contributed by atoms with E-state index in [0.717, 1.165) is 89.6 Å². The lowest BCUT2D eigenvalue weighted by atomic mass is 9.79. The largest absolute Gasteiger partial charge is 0.338 e. The van der Waals surface area contributed by atoms with Gasteiger partial charge in [-0.15, -0.1) is 0 Å². The van der Waals surface area contributed by atoms with E-state index in [4.69, 9.17) is 0 Å². The van der Waals surface area contributed by atoms with Gasteiger partial charge in [0, 0.05) is 69.4 Å². The third kappa shape index (κ3) is 4.32. The molecule has 168 valence electrons. The summed E-state index contributed by atoms with van der Waals surface area (Å²) in [6, 6.07) is 10.6. The highest BCUT2D eigenvalue weighted by Gasteiger charge is 2.44. The molecule has 1 saturated carbocycles. The Morgan fingerprint density at radius 1 is 0.742 bits per heavy atom. The minimum absolute atomic E-state index is 0.0716. The van der Waals surface area contributed by atoms with Gasteiger partial charge in [-0.25, -0.2) is 4.79 Å². The first-order valence-electron chi connectivity index (χ1n) is 12.3. The van der Waals surface area contributed by atoms with Gasteiger partial charge in [-0.05, 0) is 50.7 Å². The van der Waals surface area contributed by atoms with Crippen molar-refractivity contribution in [3.63, 3.8) is 0 Å². The van der Waals surface area contributed by atoms with Gasteiger partial charge in [0.15, 0.2) is 0 Å². The summed E-state index contributed by atoms with van der Waals surface area (Å²) in [5.41, 5.74) is 0.841. The molecule has 6 heteroatoms. The Morgan fingerprint density at radius 2 is 1.52 bits per heavy atom. The highest BCUT2D eigenvalue weighted by Crippen LogP contribution is 2.39. The van der Waals surface area contributed by atoms with E-state index >= 15 is 0 Å². The van der Waals surface area contributed by atoms with Crippen molar-refractivity contribution in [3.8, 4) is 0 Å². The fraction of sp³-hybridized carbons (Fsp3) is 0.680. The zero-order valence-corrected chi connectivity index (χ0v) is 18.7. The molecule has 1 atom stereocenters. The van der Waals surface area contributed by atoms with Gasteiger partial charge in [0.1, 0.15) is 0 Å². The van der Waals surface area contributed by atoms with Crippen LogP contribution in [0.25, 0.3) is 0 Å². The first-order valence-corrected chi connectivity index (χ1v) is 12.3. The van der Waals surface area contributed by atoms with Crippen molar-refractivity contribution in [2.45, 2.75) is 51.0 Å². The molecule has 3 aliphatic heterocycles. The van der Waals surface area contributed by atoms with Crippen LogP contribution in [0.5, 0.6) is 0 Å². The quantitative estimate of drug-likeness (QED) is 0.732. The lowest BCUT2D eigenvalue weighted by Gasteiger charge is -2.40. The summed E-state index contributed by atoms with van der Waals surface area (Å²) < 4.78 is 0. The fourth-order valence-electron chi connectivity index (χ4n) is 6.02. The molecule has 1 aromatic rings. The molecule has 1 aliphatic carbocycles. The average molecular weight is 425 g/mol. The highest BCUT2D eigenvalue weighted by molar-refractivity contribution is 5.94. The van der Waals surface area contributed by atoms with Gasteiger partial charge >= 0.3 is 6.03 Å². The van der Waals surface area contributed by atoms with E-state index < -0.39 is 0 Å². The summed E-state index contributed by atoms with van der Waals surface area (Å²) in [6.07, 6.45) is 8.27. The number of hydrogen-bond acceptors (Lipinski definition) is 3. The number of amides is 3. The summed E-state index contributed by atoms with van der Waals surface area (Å²) >= 11 is 0. The van der Waals surface area contributed by atoms with Gasteiger partial charge in [0.25, 0.3) is 5.91 Å². The lowest BCUT2D eigenvalue weighted by molar-refractivity contribution is 0.0532. The van der Waals surface area contributed by atoms with Gasteiger partial charge in [-0.3, -0.25) is 9.69 Å². The summed E-state index contributed by atoms with van der Waals surface area (Å²) in [4.78, 5) is 35.1. The van der Waals surface area contributed by atoms with E-state index in [9.17, 15) is 9.59 Å². The topological polar surface area (TPSA) is 47.1 Å². The number of rotatable bonds is 2. The molecular formula is C25H36N4O2. The Kier molecular flexibility index (Phi) is 5.91. The zero-order chi connectivity index (χ0) is 21.3. The van der Waals surface area contributed by atoms with Crippen molar-refractivity contribution in [2.24, 2.45) is 5.41 Å². The van der Waals surface area contributed by atoms with E-state index in [1.807, 2.05) is 35.2 Å². The molecule has 4 fully saturated rings. The second-order valence-electron chi connectivity index (χ2n) is 10.1. The summed E-state index contributed by atoms with van der Waals surface area (Å²) in [5, 5.41) is 0. The normalized spacial score (nSPS) is 27.9. The zero-order valence-electron chi connectivity index (χ0n) is 18.7. The number of nitrogens with zero attached hydrogens (tertiary/aromatic N) is 4. The number of benzene rings is 1. The Bertz CT molecular complexity index is 796. The maximum absolute atomic E-state index is 13.3. The van der Waals surface area contributed by atoms with Gasteiger partial charge in [-0.2, -0.15) is 0 Å². The van der Waals surface area contributed by atoms with Gasteiger partial charge in [-0.1, -0.05) is 24.6 Å². The van der Waals surface area contributed by atoms with E-state index in [1.54, 1.807) is 0 Å². The smallest absolute Gasteiger partial charge is 0.320 e. The van der Waals surface area contributed by atoms with Crippen LogP contribution in [0.2, 0.25) is 0 Å². The van der Waals surface area contributed by atoms with Crippen molar-refractivity contribution >= 4 is 11.9 Å². The monoisotopic (exact) mass is 424 g/mol. The Hall–Kier alpha value is -2.08. The molecule has 3 saturated heterocycles. The van der Waals surface area contributed by atoms with Crippen molar-refractivity contribution in [1.29, 1.82) is 0 Å². The van der Waals surface area contributed by atoms with Crippen LogP contribution in [0.3, 0.4) is 0 Å². The van der Waals surface area contributed by atoms with Gasteiger partial charge < -0.3 is 14.7 Å². The van der Waals surface area contributed by atoms with Crippen molar-refractivity contribution in [3.05, 3.63) is 35.9 Å². The second kappa shape index (κ2) is 8.81. The SMILES string of the molecule is O=C(c1ccccc1)N1CCCC2(CCN(C(=O)N3CCCN(C4CCC4)CC3)C2)C1. The number of urea groups is 1. The van der Waals surface area contributed by atoms with Crippen LogP contribution < -0.4 is 0 Å². The third-order valence-electron chi connectivity index (χ3n) is 8.07. The van der Waals surface area contributed by atoms with Crippen molar-refractivity contribution in [2.75, 3.05) is 52.4 Å². The molecule has 6 nitrogen and oxygen atoms in total. The Balaban J connectivity index is 1.19. The van der Waals surface area contributed by atoms with Gasteiger partial charge in [0.05, 0.1) is 0 Å². The van der Waals surface area contributed by atoms with Crippen LogP contribution in [0.4, 0.5) is 4.79 Å². The predicted octanol–water partition coefficient (Wildman–Crippen LogP) is 3.29. The van der Waals surface area contributed by atoms with Crippen LogP contribution in [0.1, 0.15) is 55.3 Å². The van der Waals surface area contributed by atoms with Crippen LogP contribution in [0, 0.1) is 5.41 Å². The molecule has 0 radical (unpaired) electrons. The minimum Gasteiger partial charge on any atom is -0.338 e. The molecular weight excluding hydrogens is 388 g/mol. The van der Waals surface area contributed by atoms with E-state index in [0.29, 0.717) is 0 Å². The number of hydrogen-bond donors (Lipinski definition) is 0. The van der Waals surface area contributed by atoms with Crippen LogP contribution in [-0.2, 0) is 0 Å². The first-order chi connectivity index (χ1) is 15.1. The number of carbonyl (C=O) groups excluding carboxylic acids is 2. The standard InChI is InChI=1S/C25H36N4O2/c30-23(21-7-2-1-3-8-21)28-13-5-11-25(19-28)12-16-29(20-25)24(31)27-15-6-14-26(17-18-27)22-9-4-10-22/h1-3,7-8,22H,4-6,9-20H2. The molecule has 5 rings (SSSR count). The summed E-state index contributed by atoms with van der Waals surface area (Å²) in [6.45, 7) is 7.13.